The molecule has 1 aliphatic carbocycles. The van der Waals surface area contributed by atoms with Crippen molar-refractivity contribution in [1.82, 2.24) is 9.55 Å². The number of primary amides is 1. The molecule has 1 aliphatic rings. The lowest BCUT2D eigenvalue weighted by Crippen LogP contribution is -2.47. The molecule has 2 unspecified atom stereocenters. The van der Waals surface area contributed by atoms with Gasteiger partial charge >= 0.3 is 0 Å². The number of carbonyl (C=O) groups is 1. The zero-order valence-electron chi connectivity index (χ0n) is 15.6. The molecule has 0 aliphatic heterocycles. The van der Waals surface area contributed by atoms with Crippen LogP contribution in [0.25, 0.3) is 0 Å². The SMILES string of the molecule is Cc1nccn1C1CCC(C(C(N)=O)(c2ccccc2)c2ccccc2)C1. The van der Waals surface area contributed by atoms with Crippen molar-refractivity contribution >= 4 is 5.91 Å². The van der Waals surface area contributed by atoms with Crippen molar-refractivity contribution < 1.29 is 4.79 Å². The van der Waals surface area contributed by atoms with Gasteiger partial charge in [-0.2, -0.15) is 0 Å². The van der Waals surface area contributed by atoms with Crippen LogP contribution in [-0.4, -0.2) is 15.5 Å². The normalized spacial score (nSPS) is 19.9. The molecule has 0 saturated heterocycles. The summed E-state index contributed by atoms with van der Waals surface area (Å²) < 4.78 is 2.24. The Balaban J connectivity index is 1.82. The number of hydrogen-bond acceptors (Lipinski definition) is 2. The van der Waals surface area contributed by atoms with Crippen molar-refractivity contribution in [3.05, 3.63) is 90.0 Å². The Kier molecular flexibility index (Phi) is 4.56. The zero-order chi connectivity index (χ0) is 18.9. The average Bonchev–Trinajstić information content (AvgIpc) is 3.33. The van der Waals surface area contributed by atoms with Gasteiger partial charge in [0, 0.05) is 18.4 Å². The summed E-state index contributed by atoms with van der Waals surface area (Å²) in [6.07, 6.45) is 6.77. The Labute approximate surface area is 160 Å². The molecule has 27 heavy (non-hydrogen) atoms. The Morgan fingerprint density at radius 2 is 1.63 bits per heavy atom. The summed E-state index contributed by atoms with van der Waals surface area (Å²) in [6, 6.07) is 20.4. The molecule has 0 bridgehead atoms. The summed E-state index contributed by atoms with van der Waals surface area (Å²) in [4.78, 5) is 17.4. The highest BCUT2D eigenvalue weighted by Gasteiger charge is 2.50. The van der Waals surface area contributed by atoms with Gasteiger partial charge in [0.2, 0.25) is 5.91 Å². The summed E-state index contributed by atoms with van der Waals surface area (Å²) in [5.41, 5.74) is 7.30. The lowest BCUT2D eigenvalue weighted by Gasteiger charge is -2.37. The first-order valence-corrected chi connectivity index (χ1v) is 9.54. The third-order valence-electron chi connectivity index (χ3n) is 6.12. The van der Waals surface area contributed by atoms with Gasteiger partial charge < -0.3 is 10.3 Å². The first-order chi connectivity index (χ1) is 13.1. The highest BCUT2D eigenvalue weighted by Crippen LogP contribution is 2.49. The van der Waals surface area contributed by atoms with E-state index in [1.807, 2.05) is 80.0 Å². The fourth-order valence-electron chi connectivity index (χ4n) is 4.90. The maximum atomic E-state index is 13.1. The number of imidazole rings is 1. The molecule has 1 saturated carbocycles. The van der Waals surface area contributed by atoms with E-state index < -0.39 is 5.41 Å². The predicted molar refractivity (Wildman–Crippen MR) is 106 cm³/mol. The van der Waals surface area contributed by atoms with E-state index in [-0.39, 0.29) is 11.8 Å². The number of aromatic nitrogens is 2. The minimum atomic E-state index is -0.814. The number of rotatable bonds is 5. The van der Waals surface area contributed by atoms with Crippen molar-refractivity contribution in [3.8, 4) is 0 Å². The second kappa shape index (κ2) is 7.03. The van der Waals surface area contributed by atoms with Crippen molar-refractivity contribution in [1.29, 1.82) is 0 Å². The predicted octanol–water partition coefficient (Wildman–Crippen LogP) is 4.00. The molecule has 4 nitrogen and oxygen atoms in total. The monoisotopic (exact) mass is 359 g/mol. The van der Waals surface area contributed by atoms with Crippen LogP contribution in [0.2, 0.25) is 0 Å². The van der Waals surface area contributed by atoms with E-state index in [2.05, 4.69) is 9.55 Å². The van der Waals surface area contributed by atoms with Gasteiger partial charge in [0.25, 0.3) is 0 Å². The lowest BCUT2D eigenvalue weighted by molar-refractivity contribution is -0.123. The lowest BCUT2D eigenvalue weighted by atomic mass is 9.64. The van der Waals surface area contributed by atoms with E-state index in [0.29, 0.717) is 6.04 Å². The zero-order valence-corrected chi connectivity index (χ0v) is 15.6. The summed E-state index contributed by atoms with van der Waals surface area (Å²) in [5, 5.41) is 0. The van der Waals surface area contributed by atoms with E-state index in [4.69, 9.17) is 5.73 Å². The van der Waals surface area contributed by atoms with Gasteiger partial charge in [-0.1, -0.05) is 60.7 Å². The molecular formula is C23H25N3O. The van der Waals surface area contributed by atoms with E-state index in [1.54, 1.807) is 0 Å². The van der Waals surface area contributed by atoms with E-state index in [1.165, 1.54) is 0 Å². The van der Waals surface area contributed by atoms with Crippen LogP contribution in [0.5, 0.6) is 0 Å². The second-order valence-corrected chi connectivity index (χ2v) is 7.45. The van der Waals surface area contributed by atoms with Crippen molar-refractivity contribution in [2.75, 3.05) is 0 Å². The highest BCUT2D eigenvalue weighted by molar-refractivity contribution is 5.91. The number of nitrogens with two attached hydrogens (primary N) is 1. The molecule has 4 rings (SSSR count). The minimum absolute atomic E-state index is 0.145. The van der Waals surface area contributed by atoms with E-state index >= 15 is 0 Å². The van der Waals surface area contributed by atoms with Crippen LogP contribution < -0.4 is 5.73 Å². The van der Waals surface area contributed by atoms with E-state index in [0.717, 1.165) is 36.2 Å². The van der Waals surface area contributed by atoms with Crippen molar-refractivity contribution in [2.24, 2.45) is 11.7 Å². The van der Waals surface area contributed by atoms with Crippen LogP contribution in [0.3, 0.4) is 0 Å². The number of amides is 1. The van der Waals surface area contributed by atoms with Gasteiger partial charge in [-0.3, -0.25) is 4.79 Å². The third-order valence-corrected chi connectivity index (χ3v) is 6.12. The summed E-state index contributed by atoms with van der Waals surface area (Å²) in [5.74, 6) is 0.893. The maximum absolute atomic E-state index is 13.1. The fourth-order valence-corrected chi connectivity index (χ4v) is 4.90. The van der Waals surface area contributed by atoms with Crippen LogP contribution in [0.4, 0.5) is 0 Å². The van der Waals surface area contributed by atoms with Crippen LogP contribution in [-0.2, 0) is 10.2 Å². The molecule has 4 heteroatoms. The van der Waals surface area contributed by atoms with Gasteiger partial charge in [-0.25, -0.2) is 4.98 Å². The first kappa shape index (κ1) is 17.5. The molecule has 1 fully saturated rings. The molecule has 0 spiro atoms. The topological polar surface area (TPSA) is 60.9 Å². The number of aryl methyl sites for hydroxylation is 1. The smallest absolute Gasteiger partial charge is 0.232 e. The number of carbonyl (C=O) groups excluding carboxylic acids is 1. The van der Waals surface area contributed by atoms with Crippen molar-refractivity contribution in [2.45, 2.75) is 37.6 Å². The van der Waals surface area contributed by atoms with Crippen LogP contribution in [0.15, 0.2) is 73.1 Å². The molecule has 1 aromatic heterocycles. The summed E-state index contributed by atoms with van der Waals surface area (Å²) >= 11 is 0. The van der Waals surface area contributed by atoms with Crippen LogP contribution in [0, 0.1) is 12.8 Å². The van der Waals surface area contributed by atoms with Gasteiger partial charge in [0.05, 0.1) is 0 Å². The largest absolute Gasteiger partial charge is 0.369 e. The molecule has 1 amide bonds. The Bertz CT molecular complexity index is 878. The number of hydrogen-bond donors (Lipinski definition) is 1. The van der Waals surface area contributed by atoms with E-state index in [9.17, 15) is 4.79 Å². The Hall–Kier alpha value is -2.88. The molecular weight excluding hydrogens is 334 g/mol. The Morgan fingerprint density at radius 3 is 2.11 bits per heavy atom. The molecule has 138 valence electrons. The summed E-state index contributed by atoms with van der Waals surface area (Å²) in [7, 11) is 0. The van der Waals surface area contributed by atoms with Crippen molar-refractivity contribution in [3.63, 3.8) is 0 Å². The summed E-state index contributed by atoms with van der Waals surface area (Å²) in [6.45, 7) is 2.03. The quantitative estimate of drug-likeness (QED) is 0.748. The van der Waals surface area contributed by atoms with Gasteiger partial charge in [-0.05, 0) is 43.2 Å². The van der Waals surface area contributed by atoms with Crippen LogP contribution >= 0.6 is 0 Å². The van der Waals surface area contributed by atoms with Crippen LogP contribution in [0.1, 0.15) is 42.3 Å². The molecule has 3 aromatic rings. The fraction of sp³-hybridized carbons (Fsp3) is 0.304. The minimum Gasteiger partial charge on any atom is -0.369 e. The molecule has 2 aromatic carbocycles. The average molecular weight is 359 g/mol. The van der Waals surface area contributed by atoms with Gasteiger partial charge in [-0.15, -0.1) is 0 Å². The maximum Gasteiger partial charge on any atom is 0.232 e. The highest BCUT2D eigenvalue weighted by atomic mass is 16.1. The molecule has 2 atom stereocenters. The molecule has 2 N–H and O–H groups in total. The molecule has 0 radical (unpaired) electrons. The van der Waals surface area contributed by atoms with Gasteiger partial charge in [0.1, 0.15) is 11.2 Å². The van der Waals surface area contributed by atoms with Gasteiger partial charge in [0.15, 0.2) is 0 Å². The number of nitrogens with zero attached hydrogens (tertiary/aromatic N) is 2. The molecule has 1 heterocycles. The number of benzene rings is 2. The first-order valence-electron chi connectivity index (χ1n) is 9.54. The standard InChI is InChI=1S/C23H25N3O/c1-17-25-14-15-26(17)21-13-12-20(16-21)23(22(24)27,18-8-4-2-5-9-18)19-10-6-3-7-11-19/h2-11,14-15,20-21H,12-13,16H2,1H3,(H2,24,27). The second-order valence-electron chi connectivity index (χ2n) is 7.45. The third kappa shape index (κ3) is 2.85. The Morgan fingerprint density at radius 1 is 1.04 bits per heavy atom.